The van der Waals surface area contributed by atoms with Crippen LogP contribution in [-0.2, 0) is 26.0 Å². The Balaban J connectivity index is 1.57. The van der Waals surface area contributed by atoms with E-state index in [2.05, 4.69) is 15.6 Å². The number of fused-ring (bicyclic) bond motifs is 2. The van der Waals surface area contributed by atoms with Crippen LogP contribution in [0.2, 0.25) is 0 Å². The fourth-order valence-corrected chi connectivity index (χ4v) is 3.95. The first-order chi connectivity index (χ1) is 14.7. The third-order valence-corrected chi connectivity index (χ3v) is 5.40. The molecule has 0 radical (unpaired) electrons. The molecule has 1 saturated heterocycles. The number of benzene rings is 1. The normalized spacial score (nSPS) is 22.1. The van der Waals surface area contributed by atoms with E-state index in [-0.39, 0.29) is 24.6 Å². The van der Waals surface area contributed by atoms with Gasteiger partial charge in [0.25, 0.3) is 0 Å². The summed E-state index contributed by atoms with van der Waals surface area (Å²) >= 11 is 0. The van der Waals surface area contributed by atoms with Crippen molar-refractivity contribution in [3.05, 3.63) is 53.9 Å². The van der Waals surface area contributed by atoms with Gasteiger partial charge in [-0.2, -0.15) is 18.4 Å². The van der Waals surface area contributed by atoms with Crippen LogP contribution in [0.25, 0.3) is 0 Å². The molecule has 0 saturated carbocycles. The number of hydrogen-bond donors (Lipinski definition) is 2. The van der Waals surface area contributed by atoms with Gasteiger partial charge in [-0.25, -0.2) is 0 Å². The van der Waals surface area contributed by atoms with Crippen molar-refractivity contribution in [3.8, 4) is 6.07 Å². The molecular weight excluding hydrogens is 415 g/mol. The maximum Gasteiger partial charge on any atom is 0.433 e. The minimum Gasteiger partial charge on any atom is -0.325 e. The number of nitrogens with zero attached hydrogens (tertiary/aromatic N) is 3. The molecule has 4 rings (SSSR count). The summed E-state index contributed by atoms with van der Waals surface area (Å²) in [6.45, 7) is -0.204. The Morgan fingerprint density at radius 1 is 1.29 bits per heavy atom. The number of carbonyl (C=O) groups excluding carboxylic acids is 3. The van der Waals surface area contributed by atoms with E-state index >= 15 is 0 Å². The number of aromatic nitrogens is 1. The van der Waals surface area contributed by atoms with E-state index in [9.17, 15) is 32.8 Å². The van der Waals surface area contributed by atoms with Crippen molar-refractivity contribution in [1.82, 2.24) is 9.88 Å². The Labute approximate surface area is 173 Å². The van der Waals surface area contributed by atoms with Crippen molar-refractivity contribution < 1.29 is 27.6 Å². The molecule has 2 aliphatic rings. The van der Waals surface area contributed by atoms with Crippen molar-refractivity contribution in [1.29, 1.82) is 5.26 Å². The molecule has 2 N–H and O–H groups in total. The van der Waals surface area contributed by atoms with Crippen LogP contribution in [0.15, 0.2) is 42.6 Å². The van der Waals surface area contributed by atoms with Crippen LogP contribution >= 0.6 is 0 Å². The lowest BCUT2D eigenvalue weighted by Gasteiger charge is -2.22. The number of amides is 3. The van der Waals surface area contributed by atoms with Crippen LogP contribution in [-0.4, -0.2) is 40.2 Å². The Morgan fingerprint density at radius 2 is 2.03 bits per heavy atom. The van der Waals surface area contributed by atoms with Crippen LogP contribution in [0, 0.1) is 11.3 Å². The zero-order valence-electron chi connectivity index (χ0n) is 15.7. The van der Waals surface area contributed by atoms with E-state index < -0.39 is 35.1 Å². The van der Waals surface area contributed by atoms with Crippen LogP contribution in [0.1, 0.15) is 17.7 Å². The van der Waals surface area contributed by atoms with Gasteiger partial charge < -0.3 is 15.5 Å². The maximum absolute atomic E-state index is 12.8. The zero-order chi connectivity index (χ0) is 22.4. The predicted octanol–water partition coefficient (Wildman–Crippen LogP) is 2.05. The summed E-state index contributed by atoms with van der Waals surface area (Å²) in [5.74, 6) is -2.72. The molecule has 1 aromatic heterocycles. The van der Waals surface area contributed by atoms with E-state index in [0.717, 1.165) is 17.2 Å². The Bertz CT molecular complexity index is 1140. The van der Waals surface area contributed by atoms with Gasteiger partial charge in [0, 0.05) is 30.5 Å². The Morgan fingerprint density at radius 3 is 2.74 bits per heavy atom. The van der Waals surface area contributed by atoms with E-state index in [1.165, 1.54) is 0 Å². The molecule has 1 aromatic carbocycles. The molecule has 8 nitrogen and oxygen atoms in total. The topological polar surface area (TPSA) is 115 Å². The second-order valence-corrected chi connectivity index (χ2v) is 7.25. The molecule has 0 aliphatic carbocycles. The number of anilines is 2. The SMILES string of the molecule is N#C[C@@H]1C[C@@]2(CN1C(=O)C(=O)Nc1ccnc(C(F)(F)F)c1)C(=O)Nc1ccccc12. The summed E-state index contributed by atoms with van der Waals surface area (Å²) < 4.78 is 38.4. The molecule has 2 aliphatic heterocycles. The quantitative estimate of drug-likeness (QED) is 0.674. The second-order valence-electron chi connectivity index (χ2n) is 7.25. The number of pyridine rings is 1. The van der Waals surface area contributed by atoms with E-state index in [1.807, 2.05) is 6.07 Å². The monoisotopic (exact) mass is 429 g/mol. The van der Waals surface area contributed by atoms with Crippen molar-refractivity contribution >= 4 is 29.1 Å². The van der Waals surface area contributed by atoms with Gasteiger partial charge in [0.05, 0.1) is 11.5 Å². The number of nitrogens with one attached hydrogen (secondary N) is 2. The van der Waals surface area contributed by atoms with Gasteiger partial charge in [-0.05, 0) is 23.8 Å². The lowest BCUT2D eigenvalue weighted by molar-refractivity contribution is -0.143. The van der Waals surface area contributed by atoms with Gasteiger partial charge in [-0.3, -0.25) is 19.4 Å². The summed E-state index contributed by atoms with van der Waals surface area (Å²) in [7, 11) is 0. The number of alkyl halides is 3. The Hall–Kier alpha value is -3.94. The molecule has 31 heavy (non-hydrogen) atoms. The Kier molecular flexibility index (Phi) is 4.65. The summed E-state index contributed by atoms with van der Waals surface area (Å²) in [6, 6.07) is 9.44. The smallest absolute Gasteiger partial charge is 0.325 e. The van der Waals surface area contributed by atoms with E-state index in [4.69, 9.17) is 0 Å². The molecule has 0 unspecified atom stereocenters. The van der Waals surface area contributed by atoms with Gasteiger partial charge in [-0.1, -0.05) is 18.2 Å². The molecule has 0 bridgehead atoms. The molecule has 2 aromatic rings. The zero-order valence-corrected chi connectivity index (χ0v) is 15.7. The van der Waals surface area contributed by atoms with Gasteiger partial charge in [-0.15, -0.1) is 0 Å². The van der Waals surface area contributed by atoms with Gasteiger partial charge in [0.15, 0.2) is 0 Å². The number of carbonyl (C=O) groups is 3. The summed E-state index contributed by atoms with van der Waals surface area (Å²) in [6.07, 6.45) is -3.87. The number of para-hydroxylation sites is 1. The van der Waals surface area contributed by atoms with Crippen LogP contribution in [0.3, 0.4) is 0 Å². The van der Waals surface area contributed by atoms with Gasteiger partial charge in [0.2, 0.25) is 5.91 Å². The van der Waals surface area contributed by atoms with Crippen LogP contribution in [0.4, 0.5) is 24.5 Å². The number of nitriles is 1. The van der Waals surface area contributed by atoms with Gasteiger partial charge >= 0.3 is 18.0 Å². The highest BCUT2D eigenvalue weighted by Crippen LogP contribution is 2.46. The first-order valence-electron chi connectivity index (χ1n) is 9.11. The minimum atomic E-state index is -4.72. The van der Waals surface area contributed by atoms with Gasteiger partial charge in [0.1, 0.15) is 11.7 Å². The summed E-state index contributed by atoms with van der Waals surface area (Å²) in [4.78, 5) is 42.1. The second kappa shape index (κ2) is 7.09. The average molecular weight is 429 g/mol. The highest BCUT2D eigenvalue weighted by atomic mass is 19.4. The molecular formula is C20H14F3N5O3. The molecule has 1 fully saturated rings. The molecule has 2 atom stereocenters. The van der Waals surface area contributed by atoms with Crippen molar-refractivity contribution in [3.63, 3.8) is 0 Å². The standard InChI is InChI=1S/C20H14F3N5O3/c21-20(22,23)15-7-11(5-6-25-15)26-16(29)17(30)28-10-19(8-12(28)9-24)13-3-1-2-4-14(13)27-18(19)31/h1-7,12H,8,10H2,(H,27,31)(H,25,26,29)/t12-,19-/m0/s1. The largest absolute Gasteiger partial charge is 0.433 e. The highest BCUT2D eigenvalue weighted by molar-refractivity contribution is 6.39. The first kappa shape index (κ1) is 20.3. The lowest BCUT2D eigenvalue weighted by Crippen LogP contribution is -2.44. The van der Waals surface area contributed by atoms with E-state index in [0.29, 0.717) is 17.3 Å². The number of likely N-dealkylation sites (tertiary alicyclic amines) is 1. The molecule has 11 heteroatoms. The summed E-state index contributed by atoms with van der Waals surface area (Å²) in [5, 5.41) is 14.3. The molecule has 3 heterocycles. The first-order valence-corrected chi connectivity index (χ1v) is 9.11. The number of halogens is 3. The summed E-state index contributed by atoms with van der Waals surface area (Å²) in [5.41, 5.74) is -1.48. The molecule has 3 amide bonds. The number of rotatable bonds is 1. The predicted molar refractivity (Wildman–Crippen MR) is 100 cm³/mol. The number of hydrogen-bond acceptors (Lipinski definition) is 5. The average Bonchev–Trinajstić information content (AvgIpc) is 3.26. The van der Waals surface area contributed by atoms with Crippen molar-refractivity contribution in [2.24, 2.45) is 0 Å². The maximum atomic E-state index is 12.8. The lowest BCUT2D eigenvalue weighted by atomic mass is 9.80. The third kappa shape index (κ3) is 3.35. The molecule has 158 valence electrons. The highest BCUT2D eigenvalue weighted by Gasteiger charge is 2.56. The fraction of sp³-hybridized carbons (Fsp3) is 0.250. The van der Waals surface area contributed by atoms with Crippen LogP contribution < -0.4 is 10.6 Å². The van der Waals surface area contributed by atoms with E-state index in [1.54, 1.807) is 24.3 Å². The van der Waals surface area contributed by atoms with Crippen molar-refractivity contribution in [2.75, 3.05) is 17.2 Å². The molecule has 1 spiro atoms. The van der Waals surface area contributed by atoms with Crippen LogP contribution in [0.5, 0.6) is 0 Å². The van der Waals surface area contributed by atoms with Crippen molar-refractivity contribution in [2.45, 2.75) is 24.1 Å². The fourth-order valence-electron chi connectivity index (χ4n) is 3.95. The minimum absolute atomic E-state index is 0.00115. The third-order valence-electron chi connectivity index (χ3n) is 5.40.